The van der Waals surface area contributed by atoms with Gasteiger partial charge in [-0.15, -0.1) is 0 Å². The molecule has 2 rings (SSSR count). The molecule has 0 aromatic carbocycles. The molecule has 0 bridgehead atoms. The Morgan fingerprint density at radius 2 is 2.29 bits per heavy atom. The van der Waals surface area contributed by atoms with Gasteiger partial charge in [0.2, 0.25) is 5.88 Å². The van der Waals surface area contributed by atoms with Crippen molar-refractivity contribution in [1.82, 2.24) is 15.6 Å². The quantitative estimate of drug-likeness (QED) is 0.438. The first-order valence-corrected chi connectivity index (χ1v) is 7.84. The molecule has 1 fully saturated rings. The molecule has 1 saturated carbocycles. The van der Waals surface area contributed by atoms with Gasteiger partial charge < -0.3 is 15.4 Å². The molecule has 0 spiro atoms. The van der Waals surface area contributed by atoms with Crippen LogP contribution in [0.2, 0.25) is 0 Å². The smallest absolute Gasteiger partial charge is 0.218 e. The van der Waals surface area contributed by atoms with Crippen LogP contribution in [0, 0.1) is 5.92 Å². The van der Waals surface area contributed by atoms with Gasteiger partial charge in [-0.1, -0.05) is 19.4 Å². The van der Waals surface area contributed by atoms with Gasteiger partial charge >= 0.3 is 0 Å². The predicted molar refractivity (Wildman–Crippen MR) is 85.6 cm³/mol. The van der Waals surface area contributed by atoms with E-state index >= 15 is 0 Å². The van der Waals surface area contributed by atoms with Crippen LogP contribution in [-0.4, -0.2) is 31.1 Å². The number of nitrogens with zero attached hydrogens (tertiary/aromatic N) is 2. The molecule has 5 nitrogen and oxygen atoms in total. The number of aliphatic imine (C=N–C) groups is 1. The average molecular weight is 290 g/mol. The van der Waals surface area contributed by atoms with E-state index in [2.05, 4.69) is 27.5 Å². The van der Waals surface area contributed by atoms with Crippen molar-refractivity contribution in [3.05, 3.63) is 23.9 Å². The number of ether oxygens (including phenoxy) is 1. The second kappa shape index (κ2) is 8.49. The lowest BCUT2D eigenvalue weighted by atomic mass is 10.2. The summed E-state index contributed by atoms with van der Waals surface area (Å²) >= 11 is 0. The van der Waals surface area contributed by atoms with Crippen molar-refractivity contribution >= 4 is 5.96 Å². The van der Waals surface area contributed by atoms with Crippen molar-refractivity contribution in [2.45, 2.75) is 39.2 Å². The van der Waals surface area contributed by atoms with E-state index < -0.39 is 0 Å². The molecule has 1 aliphatic rings. The molecule has 0 aliphatic heterocycles. The maximum atomic E-state index is 5.74. The van der Waals surface area contributed by atoms with Crippen LogP contribution in [0.1, 0.15) is 38.2 Å². The molecule has 5 heteroatoms. The van der Waals surface area contributed by atoms with Crippen molar-refractivity contribution in [3.63, 3.8) is 0 Å². The highest BCUT2D eigenvalue weighted by molar-refractivity contribution is 5.79. The van der Waals surface area contributed by atoms with Gasteiger partial charge in [0.15, 0.2) is 5.96 Å². The zero-order valence-electron chi connectivity index (χ0n) is 13.1. The molecule has 2 N–H and O–H groups in total. The second-order valence-corrected chi connectivity index (χ2v) is 5.42. The molecular formula is C16H26N4O. The van der Waals surface area contributed by atoms with Crippen LogP contribution in [0.25, 0.3) is 0 Å². The lowest BCUT2D eigenvalue weighted by Gasteiger charge is -2.13. The lowest BCUT2D eigenvalue weighted by molar-refractivity contribution is 0.294. The summed E-state index contributed by atoms with van der Waals surface area (Å²) in [5.41, 5.74) is 1.06. The first-order valence-electron chi connectivity index (χ1n) is 7.84. The summed E-state index contributed by atoms with van der Waals surface area (Å²) in [4.78, 5) is 8.56. The molecule has 0 atom stereocenters. The highest BCUT2D eigenvalue weighted by atomic mass is 16.5. The van der Waals surface area contributed by atoms with Crippen LogP contribution >= 0.6 is 0 Å². The zero-order chi connectivity index (χ0) is 14.9. The molecular weight excluding hydrogens is 264 g/mol. The number of hydrogen-bond acceptors (Lipinski definition) is 3. The molecule has 116 valence electrons. The number of rotatable bonds is 8. The van der Waals surface area contributed by atoms with E-state index in [0.717, 1.165) is 49.3 Å². The van der Waals surface area contributed by atoms with Crippen LogP contribution in [0.4, 0.5) is 0 Å². The minimum absolute atomic E-state index is 0.666. The number of pyridine rings is 1. The van der Waals surface area contributed by atoms with E-state index in [9.17, 15) is 0 Å². The highest BCUT2D eigenvalue weighted by Crippen LogP contribution is 2.27. The van der Waals surface area contributed by atoms with E-state index in [1.807, 2.05) is 12.1 Å². The monoisotopic (exact) mass is 290 g/mol. The van der Waals surface area contributed by atoms with Crippen LogP contribution in [0.5, 0.6) is 5.88 Å². The molecule has 0 radical (unpaired) electrons. The average Bonchev–Trinajstić information content (AvgIpc) is 3.33. The summed E-state index contributed by atoms with van der Waals surface area (Å²) in [7, 11) is 1.80. The van der Waals surface area contributed by atoms with Crippen molar-refractivity contribution in [3.8, 4) is 5.88 Å². The second-order valence-electron chi connectivity index (χ2n) is 5.42. The molecule has 1 heterocycles. The Hall–Kier alpha value is -1.78. The molecule has 1 aliphatic carbocycles. The van der Waals surface area contributed by atoms with E-state index in [4.69, 9.17) is 4.74 Å². The number of unbranched alkanes of at least 4 members (excludes halogenated alkanes) is 1. The molecule has 0 unspecified atom stereocenters. The van der Waals surface area contributed by atoms with Crippen LogP contribution in [0.15, 0.2) is 23.3 Å². The zero-order valence-corrected chi connectivity index (χ0v) is 13.1. The maximum Gasteiger partial charge on any atom is 0.218 e. The number of hydrogen-bond donors (Lipinski definition) is 2. The van der Waals surface area contributed by atoms with Crippen LogP contribution in [-0.2, 0) is 6.54 Å². The summed E-state index contributed by atoms with van der Waals surface area (Å²) in [6.45, 7) is 4.54. The fourth-order valence-electron chi connectivity index (χ4n) is 1.96. The minimum atomic E-state index is 0.666. The summed E-state index contributed by atoms with van der Waals surface area (Å²) in [6, 6.07) is 3.97. The summed E-state index contributed by atoms with van der Waals surface area (Å²) in [6.07, 6.45) is 6.61. The van der Waals surface area contributed by atoms with Gasteiger partial charge in [-0.05, 0) is 31.2 Å². The molecule has 1 aromatic heterocycles. The van der Waals surface area contributed by atoms with E-state index in [0.29, 0.717) is 6.54 Å². The standard InChI is InChI=1S/C16H26N4O/c1-3-4-10-21-15-14(6-5-9-18-15)12-20-16(17-2)19-11-13-7-8-13/h5-6,9,13H,3-4,7-8,10-12H2,1-2H3,(H2,17,19,20). The van der Waals surface area contributed by atoms with Gasteiger partial charge in [-0.25, -0.2) is 4.98 Å². The summed E-state index contributed by atoms with van der Waals surface area (Å²) in [5, 5.41) is 6.67. The summed E-state index contributed by atoms with van der Waals surface area (Å²) < 4.78 is 5.74. The first kappa shape index (κ1) is 15.6. The lowest BCUT2D eigenvalue weighted by Crippen LogP contribution is -2.37. The third-order valence-corrected chi connectivity index (χ3v) is 3.51. The van der Waals surface area contributed by atoms with Gasteiger partial charge in [-0.3, -0.25) is 4.99 Å². The SMILES string of the molecule is CCCCOc1ncccc1CNC(=NC)NCC1CC1. The van der Waals surface area contributed by atoms with E-state index in [1.54, 1.807) is 13.2 Å². The van der Waals surface area contributed by atoms with E-state index in [1.165, 1.54) is 12.8 Å². The van der Waals surface area contributed by atoms with Crippen molar-refractivity contribution < 1.29 is 4.74 Å². The Balaban J connectivity index is 1.82. The van der Waals surface area contributed by atoms with Gasteiger partial charge in [0.1, 0.15) is 0 Å². The van der Waals surface area contributed by atoms with Crippen molar-refractivity contribution in [2.75, 3.05) is 20.2 Å². The van der Waals surface area contributed by atoms with Gasteiger partial charge in [0.05, 0.1) is 6.61 Å². The normalized spacial score (nSPS) is 14.9. The Kier molecular flexibility index (Phi) is 6.31. The topological polar surface area (TPSA) is 58.5 Å². The Morgan fingerprint density at radius 1 is 1.43 bits per heavy atom. The third kappa shape index (κ3) is 5.61. The van der Waals surface area contributed by atoms with Gasteiger partial charge in [0, 0.05) is 31.9 Å². The molecule has 1 aromatic rings. The number of guanidine groups is 1. The largest absolute Gasteiger partial charge is 0.477 e. The van der Waals surface area contributed by atoms with Crippen LogP contribution < -0.4 is 15.4 Å². The van der Waals surface area contributed by atoms with Gasteiger partial charge in [-0.2, -0.15) is 0 Å². The fourth-order valence-corrected chi connectivity index (χ4v) is 1.96. The highest BCUT2D eigenvalue weighted by Gasteiger charge is 2.21. The first-order chi connectivity index (χ1) is 10.3. The Labute approximate surface area is 127 Å². The molecule has 21 heavy (non-hydrogen) atoms. The maximum absolute atomic E-state index is 5.74. The summed E-state index contributed by atoms with van der Waals surface area (Å²) in [5.74, 6) is 2.39. The predicted octanol–water partition coefficient (Wildman–Crippen LogP) is 2.34. The molecule has 0 saturated heterocycles. The number of aromatic nitrogens is 1. The minimum Gasteiger partial charge on any atom is -0.477 e. The Bertz CT molecular complexity index is 457. The van der Waals surface area contributed by atoms with Gasteiger partial charge in [0.25, 0.3) is 0 Å². The Morgan fingerprint density at radius 3 is 3.00 bits per heavy atom. The van der Waals surface area contributed by atoms with Crippen molar-refractivity contribution in [1.29, 1.82) is 0 Å². The third-order valence-electron chi connectivity index (χ3n) is 3.51. The van der Waals surface area contributed by atoms with Crippen LogP contribution in [0.3, 0.4) is 0 Å². The van der Waals surface area contributed by atoms with Crippen molar-refractivity contribution in [2.24, 2.45) is 10.9 Å². The molecule has 0 amide bonds. The fraction of sp³-hybridized carbons (Fsp3) is 0.625. The number of nitrogens with one attached hydrogen (secondary N) is 2. The van der Waals surface area contributed by atoms with E-state index in [-0.39, 0.29) is 0 Å².